The van der Waals surface area contributed by atoms with Crippen LogP contribution in [-0.4, -0.2) is 16.0 Å². The SMILES string of the molecule is Cl.FC(F)(F)N(Cc1ccccc1)n1ccnc1. The number of hydrogen-bond donors (Lipinski definition) is 0. The van der Waals surface area contributed by atoms with E-state index in [0.717, 1.165) is 11.0 Å². The lowest BCUT2D eigenvalue weighted by atomic mass is 10.2. The second-order valence-corrected chi connectivity index (χ2v) is 3.45. The van der Waals surface area contributed by atoms with Crippen molar-refractivity contribution in [2.75, 3.05) is 5.01 Å². The Balaban J connectivity index is 0.00000162. The molecule has 0 radical (unpaired) electrons. The first-order valence-corrected chi connectivity index (χ1v) is 4.94. The molecule has 98 valence electrons. The fourth-order valence-electron chi connectivity index (χ4n) is 1.45. The van der Waals surface area contributed by atoms with Crippen LogP contribution >= 0.6 is 12.4 Å². The number of benzene rings is 1. The monoisotopic (exact) mass is 277 g/mol. The predicted octanol–water partition coefficient (Wildman–Crippen LogP) is 2.96. The second-order valence-electron chi connectivity index (χ2n) is 3.45. The highest BCUT2D eigenvalue weighted by Gasteiger charge is 2.37. The standard InChI is InChI=1S/C11H10F3N3.ClH/c12-11(13,14)17(16-7-6-15-9-16)8-10-4-2-1-3-5-10;/h1-7,9H,8H2;1H. The van der Waals surface area contributed by atoms with Crippen LogP contribution in [0.15, 0.2) is 49.1 Å². The van der Waals surface area contributed by atoms with Crippen LogP contribution in [0.5, 0.6) is 0 Å². The lowest BCUT2D eigenvalue weighted by Gasteiger charge is -2.27. The van der Waals surface area contributed by atoms with Crippen molar-refractivity contribution in [3.63, 3.8) is 0 Å². The van der Waals surface area contributed by atoms with Gasteiger partial charge in [-0.1, -0.05) is 30.3 Å². The first-order chi connectivity index (χ1) is 8.07. The van der Waals surface area contributed by atoms with E-state index in [9.17, 15) is 13.2 Å². The molecule has 0 unspecified atom stereocenters. The molecule has 18 heavy (non-hydrogen) atoms. The molecular weight excluding hydrogens is 267 g/mol. The van der Waals surface area contributed by atoms with E-state index in [4.69, 9.17) is 0 Å². The molecule has 1 aromatic heterocycles. The lowest BCUT2D eigenvalue weighted by Crippen LogP contribution is -2.45. The molecule has 0 aliphatic carbocycles. The van der Waals surface area contributed by atoms with E-state index < -0.39 is 6.30 Å². The number of aromatic nitrogens is 2. The predicted molar refractivity (Wildman–Crippen MR) is 63.9 cm³/mol. The largest absolute Gasteiger partial charge is 0.499 e. The smallest absolute Gasteiger partial charge is 0.245 e. The molecule has 0 fully saturated rings. The maximum atomic E-state index is 12.8. The number of halogens is 4. The van der Waals surface area contributed by atoms with E-state index in [1.807, 2.05) is 0 Å². The van der Waals surface area contributed by atoms with Gasteiger partial charge in [0.25, 0.3) is 0 Å². The molecule has 2 aromatic rings. The molecule has 0 aliphatic heterocycles. The van der Waals surface area contributed by atoms with Gasteiger partial charge in [-0.15, -0.1) is 25.6 Å². The molecule has 0 saturated carbocycles. The Labute approximate surface area is 108 Å². The summed E-state index contributed by atoms with van der Waals surface area (Å²) in [6.45, 7) is -0.249. The number of imidazole rings is 1. The molecular formula is C11H11ClF3N3. The van der Waals surface area contributed by atoms with E-state index in [-0.39, 0.29) is 24.0 Å². The van der Waals surface area contributed by atoms with Gasteiger partial charge in [0.15, 0.2) is 0 Å². The van der Waals surface area contributed by atoms with Gasteiger partial charge in [0.2, 0.25) is 0 Å². The molecule has 0 atom stereocenters. The molecule has 0 N–H and O–H groups in total. The Morgan fingerprint density at radius 1 is 1.17 bits per heavy atom. The molecule has 1 aromatic carbocycles. The van der Waals surface area contributed by atoms with Gasteiger partial charge in [0, 0.05) is 12.4 Å². The third-order valence-electron chi connectivity index (χ3n) is 2.24. The van der Waals surface area contributed by atoms with Gasteiger partial charge in [-0.05, 0) is 5.56 Å². The summed E-state index contributed by atoms with van der Waals surface area (Å²) < 4.78 is 39.5. The number of nitrogens with zero attached hydrogens (tertiary/aromatic N) is 3. The maximum Gasteiger partial charge on any atom is 0.499 e. The summed E-state index contributed by atoms with van der Waals surface area (Å²) in [5, 5.41) is 0.287. The highest BCUT2D eigenvalue weighted by molar-refractivity contribution is 5.85. The minimum Gasteiger partial charge on any atom is -0.245 e. The van der Waals surface area contributed by atoms with Gasteiger partial charge in [-0.25, -0.2) is 14.7 Å². The van der Waals surface area contributed by atoms with E-state index in [2.05, 4.69) is 4.98 Å². The summed E-state index contributed by atoms with van der Waals surface area (Å²) in [4.78, 5) is 3.62. The van der Waals surface area contributed by atoms with Crippen molar-refractivity contribution in [2.24, 2.45) is 0 Å². The summed E-state index contributed by atoms with van der Waals surface area (Å²) in [6, 6.07) is 8.47. The molecule has 0 saturated heterocycles. The van der Waals surface area contributed by atoms with E-state index in [0.29, 0.717) is 5.56 Å². The van der Waals surface area contributed by atoms with Crippen molar-refractivity contribution in [2.45, 2.75) is 12.8 Å². The number of alkyl halides is 3. The van der Waals surface area contributed by atoms with Crippen LogP contribution in [0.25, 0.3) is 0 Å². The van der Waals surface area contributed by atoms with Gasteiger partial charge < -0.3 is 0 Å². The molecule has 2 rings (SSSR count). The van der Waals surface area contributed by atoms with Crippen LogP contribution in [0.2, 0.25) is 0 Å². The molecule has 7 heteroatoms. The quantitative estimate of drug-likeness (QED) is 0.804. The zero-order valence-electron chi connectivity index (χ0n) is 9.21. The summed E-state index contributed by atoms with van der Waals surface area (Å²) in [6.07, 6.45) is -0.757. The van der Waals surface area contributed by atoms with Crippen LogP contribution < -0.4 is 5.01 Å². The van der Waals surface area contributed by atoms with E-state index in [1.54, 1.807) is 30.3 Å². The van der Waals surface area contributed by atoms with Gasteiger partial charge >= 0.3 is 6.30 Å². The van der Waals surface area contributed by atoms with Crippen LogP contribution in [0, 0.1) is 0 Å². The zero-order valence-corrected chi connectivity index (χ0v) is 10.0. The summed E-state index contributed by atoms with van der Waals surface area (Å²) in [5.41, 5.74) is 0.582. The van der Waals surface area contributed by atoms with Crippen LogP contribution in [0.1, 0.15) is 5.56 Å². The zero-order chi connectivity index (χ0) is 12.3. The maximum absolute atomic E-state index is 12.8. The van der Waals surface area contributed by atoms with Crippen molar-refractivity contribution < 1.29 is 13.2 Å². The third-order valence-corrected chi connectivity index (χ3v) is 2.24. The van der Waals surface area contributed by atoms with Crippen molar-refractivity contribution in [1.29, 1.82) is 0 Å². The summed E-state index contributed by atoms with van der Waals surface area (Å²) >= 11 is 0. The normalized spacial score (nSPS) is 10.8. The average molecular weight is 278 g/mol. The minimum atomic E-state index is -4.45. The first kappa shape index (κ1) is 14.4. The molecule has 3 nitrogen and oxygen atoms in total. The fraction of sp³-hybridized carbons (Fsp3) is 0.182. The highest BCUT2D eigenvalue weighted by atomic mass is 35.5. The van der Waals surface area contributed by atoms with Gasteiger partial charge in [-0.3, -0.25) is 0 Å². The topological polar surface area (TPSA) is 21.1 Å². The second kappa shape index (κ2) is 5.77. The minimum absolute atomic E-state index is 0. The third kappa shape index (κ3) is 3.40. The number of hydrogen-bond acceptors (Lipinski definition) is 2. The summed E-state index contributed by atoms with van der Waals surface area (Å²) in [5.74, 6) is 0. The highest BCUT2D eigenvalue weighted by Crippen LogP contribution is 2.21. The van der Waals surface area contributed by atoms with Crippen molar-refractivity contribution in [1.82, 2.24) is 9.66 Å². The Hall–Kier alpha value is -1.69. The van der Waals surface area contributed by atoms with E-state index >= 15 is 0 Å². The molecule has 0 aliphatic rings. The lowest BCUT2D eigenvalue weighted by molar-refractivity contribution is -0.147. The fourth-order valence-corrected chi connectivity index (χ4v) is 1.45. The number of rotatable bonds is 3. The van der Waals surface area contributed by atoms with Crippen LogP contribution in [-0.2, 0) is 6.54 Å². The average Bonchev–Trinajstić information content (AvgIpc) is 2.79. The molecule has 1 heterocycles. The molecule has 0 amide bonds. The Kier molecular flexibility index (Phi) is 4.61. The van der Waals surface area contributed by atoms with Crippen molar-refractivity contribution >= 4 is 12.4 Å². The van der Waals surface area contributed by atoms with Crippen molar-refractivity contribution in [3.8, 4) is 0 Å². The Bertz CT molecular complexity index is 456. The van der Waals surface area contributed by atoms with E-state index in [1.165, 1.54) is 12.4 Å². The first-order valence-electron chi connectivity index (χ1n) is 4.94. The van der Waals surface area contributed by atoms with Gasteiger partial charge in [0.1, 0.15) is 6.33 Å². The molecule has 0 bridgehead atoms. The molecule has 0 spiro atoms. The Morgan fingerprint density at radius 2 is 1.83 bits per heavy atom. The Morgan fingerprint density at radius 3 is 2.33 bits per heavy atom. The van der Waals surface area contributed by atoms with Crippen LogP contribution in [0.3, 0.4) is 0 Å². The summed E-state index contributed by atoms with van der Waals surface area (Å²) in [7, 11) is 0. The van der Waals surface area contributed by atoms with Gasteiger partial charge in [0.05, 0.1) is 6.54 Å². The van der Waals surface area contributed by atoms with Crippen LogP contribution in [0.4, 0.5) is 13.2 Å². The van der Waals surface area contributed by atoms with Crippen molar-refractivity contribution in [3.05, 3.63) is 54.6 Å². The van der Waals surface area contributed by atoms with Gasteiger partial charge in [-0.2, -0.15) is 0 Å².